The predicted octanol–water partition coefficient (Wildman–Crippen LogP) is -0.270. The Kier molecular flexibility index (Phi) is 3.11. The first kappa shape index (κ1) is 11.3. The number of ether oxygens (including phenoxy) is 2. The zero-order valence-corrected chi connectivity index (χ0v) is 8.68. The molecule has 0 aromatic carbocycles. The van der Waals surface area contributed by atoms with Crippen LogP contribution in [0.1, 0.15) is 6.92 Å². The number of aromatic nitrogens is 2. The van der Waals surface area contributed by atoms with Crippen LogP contribution in [0.2, 0.25) is 0 Å². The van der Waals surface area contributed by atoms with Crippen LogP contribution < -0.4 is 10.5 Å². The molecule has 0 aliphatic heterocycles. The maximum Gasteiger partial charge on any atom is 0.441 e. The van der Waals surface area contributed by atoms with Crippen molar-refractivity contribution < 1.29 is 13.9 Å². The molecule has 1 rings (SSSR count). The van der Waals surface area contributed by atoms with Gasteiger partial charge in [0, 0.05) is 7.11 Å². The van der Waals surface area contributed by atoms with Crippen LogP contribution >= 0.6 is 0 Å². The first-order valence-electron chi connectivity index (χ1n) is 4.12. The number of nitrogens with zero attached hydrogens (tertiary/aromatic N) is 3. The van der Waals surface area contributed by atoms with E-state index in [1.165, 1.54) is 21.1 Å². The van der Waals surface area contributed by atoms with Crippen molar-refractivity contribution in [2.24, 2.45) is 0 Å². The standard InChI is InChI=1S/C8H11N3O4/c1-8(4-9,5-13-2)11-7(12)15-6(10-11)14-3/h5H2,1-3H3. The lowest BCUT2D eigenvalue weighted by atomic mass is 10.1. The van der Waals surface area contributed by atoms with Gasteiger partial charge in [-0.3, -0.25) is 0 Å². The van der Waals surface area contributed by atoms with Crippen LogP contribution in [0, 0.1) is 11.3 Å². The van der Waals surface area contributed by atoms with Gasteiger partial charge in [0.15, 0.2) is 5.54 Å². The van der Waals surface area contributed by atoms with E-state index in [1.807, 2.05) is 6.07 Å². The molecule has 1 heterocycles. The molecule has 0 bridgehead atoms. The van der Waals surface area contributed by atoms with E-state index in [0.717, 1.165) is 4.68 Å². The van der Waals surface area contributed by atoms with Crippen LogP contribution in [0.15, 0.2) is 9.21 Å². The van der Waals surface area contributed by atoms with Gasteiger partial charge in [0.05, 0.1) is 19.8 Å². The largest absolute Gasteiger partial charge is 0.452 e. The molecule has 0 N–H and O–H groups in total. The summed E-state index contributed by atoms with van der Waals surface area (Å²) in [5.41, 5.74) is -1.20. The second kappa shape index (κ2) is 4.14. The molecule has 0 amide bonds. The van der Waals surface area contributed by atoms with E-state index < -0.39 is 11.3 Å². The molecule has 82 valence electrons. The third-order valence-electron chi connectivity index (χ3n) is 1.84. The SMILES string of the molecule is COCC(C)(C#N)n1nc(OC)oc1=O. The lowest BCUT2D eigenvalue weighted by Gasteiger charge is -2.18. The van der Waals surface area contributed by atoms with E-state index in [-0.39, 0.29) is 12.7 Å². The minimum Gasteiger partial charge on any atom is -0.452 e. The van der Waals surface area contributed by atoms with Gasteiger partial charge >= 0.3 is 11.8 Å². The Balaban J connectivity index is 3.19. The van der Waals surface area contributed by atoms with Gasteiger partial charge in [-0.15, -0.1) is 0 Å². The fourth-order valence-electron chi connectivity index (χ4n) is 1.08. The topological polar surface area (TPSA) is 90.3 Å². The predicted molar refractivity (Wildman–Crippen MR) is 48.5 cm³/mol. The van der Waals surface area contributed by atoms with Crippen molar-refractivity contribution in [2.45, 2.75) is 12.5 Å². The molecule has 0 saturated carbocycles. The lowest BCUT2D eigenvalue weighted by Crippen LogP contribution is -2.40. The fraction of sp³-hybridized carbons (Fsp3) is 0.625. The van der Waals surface area contributed by atoms with Crippen molar-refractivity contribution in [3.8, 4) is 12.1 Å². The summed E-state index contributed by atoms with van der Waals surface area (Å²) in [4.78, 5) is 11.3. The second-order valence-corrected chi connectivity index (χ2v) is 3.07. The van der Waals surface area contributed by atoms with Crippen LogP contribution in [-0.4, -0.2) is 30.6 Å². The first-order valence-corrected chi connectivity index (χ1v) is 4.12. The maximum atomic E-state index is 11.3. The number of hydrogen-bond donors (Lipinski definition) is 0. The van der Waals surface area contributed by atoms with E-state index in [1.54, 1.807) is 0 Å². The molecule has 1 aromatic rings. The highest BCUT2D eigenvalue weighted by molar-refractivity contribution is 5.01. The molecular formula is C8H11N3O4. The monoisotopic (exact) mass is 213 g/mol. The molecule has 1 aromatic heterocycles. The Labute approximate surface area is 85.8 Å². The molecule has 1 unspecified atom stereocenters. The van der Waals surface area contributed by atoms with Crippen molar-refractivity contribution in [1.29, 1.82) is 5.26 Å². The van der Waals surface area contributed by atoms with Gasteiger partial charge < -0.3 is 13.9 Å². The number of methoxy groups -OCH3 is 2. The lowest BCUT2D eigenvalue weighted by molar-refractivity contribution is 0.118. The van der Waals surface area contributed by atoms with E-state index in [4.69, 9.17) is 10.00 Å². The number of hydrogen-bond acceptors (Lipinski definition) is 6. The van der Waals surface area contributed by atoms with Crippen molar-refractivity contribution >= 4 is 0 Å². The molecule has 0 aliphatic carbocycles. The van der Waals surface area contributed by atoms with E-state index in [0.29, 0.717) is 0 Å². The van der Waals surface area contributed by atoms with E-state index in [9.17, 15) is 4.79 Å². The van der Waals surface area contributed by atoms with Gasteiger partial charge in [0.25, 0.3) is 0 Å². The molecule has 7 heteroatoms. The quantitative estimate of drug-likeness (QED) is 0.683. The highest BCUT2D eigenvalue weighted by Gasteiger charge is 2.31. The molecule has 0 fully saturated rings. The third kappa shape index (κ3) is 1.99. The van der Waals surface area contributed by atoms with E-state index in [2.05, 4.69) is 14.3 Å². The Morgan fingerprint density at radius 2 is 2.33 bits per heavy atom. The molecule has 0 saturated heterocycles. The Bertz CT molecular complexity index is 430. The minimum atomic E-state index is -1.20. The van der Waals surface area contributed by atoms with Gasteiger partial charge in [-0.2, -0.15) is 9.94 Å². The third-order valence-corrected chi connectivity index (χ3v) is 1.84. The highest BCUT2D eigenvalue weighted by Crippen LogP contribution is 2.13. The summed E-state index contributed by atoms with van der Waals surface area (Å²) >= 11 is 0. The van der Waals surface area contributed by atoms with Crippen molar-refractivity contribution in [3.05, 3.63) is 10.6 Å². The smallest absolute Gasteiger partial charge is 0.441 e. The summed E-state index contributed by atoms with van der Waals surface area (Å²) in [5, 5.41) is 12.7. The number of nitriles is 1. The van der Waals surface area contributed by atoms with Crippen LogP contribution in [-0.2, 0) is 10.3 Å². The van der Waals surface area contributed by atoms with Crippen molar-refractivity contribution in [2.75, 3.05) is 20.8 Å². The molecular weight excluding hydrogens is 202 g/mol. The minimum absolute atomic E-state index is 0.0269. The summed E-state index contributed by atoms with van der Waals surface area (Å²) < 4.78 is 15.0. The average Bonchev–Trinajstić information content (AvgIpc) is 2.60. The Hall–Kier alpha value is -1.81. The highest BCUT2D eigenvalue weighted by atomic mass is 16.6. The molecule has 0 spiro atoms. The van der Waals surface area contributed by atoms with Crippen molar-refractivity contribution in [1.82, 2.24) is 9.78 Å². The first-order chi connectivity index (χ1) is 7.07. The van der Waals surface area contributed by atoms with Crippen LogP contribution in [0.3, 0.4) is 0 Å². The van der Waals surface area contributed by atoms with Gasteiger partial charge in [-0.25, -0.2) is 4.79 Å². The summed E-state index contributed by atoms with van der Waals surface area (Å²) in [6.45, 7) is 1.54. The number of rotatable bonds is 4. The van der Waals surface area contributed by atoms with Gasteiger partial charge in [0.1, 0.15) is 0 Å². The molecule has 15 heavy (non-hydrogen) atoms. The summed E-state index contributed by atoms with van der Waals surface area (Å²) in [6, 6.07) is 1.93. The van der Waals surface area contributed by atoms with Crippen LogP contribution in [0.5, 0.6) is 6.08 Å². The molecule has 1 atom stereocenters. The summed E-state index contributed by atoms with van der Waals surface area (Å²) in [5.74, 6) is -0.757. The summed E-state index contributed by atoms with van der Waals surface area (Å²) in [7, 11) is 2.74. The summed E-state index contributed by atoms with van der Waals surface area (Å²) in [6.07, 6.45) is -0.183. The van der Waals surface area contributed by atoms with Gasteiger partial charge in [-0.05, 0) is 6.92 Å². The van der Waals surface area contributed by atoms with Crippen LogP contribution in [0.25, 0.3) is 0 Å². The zero-order chi connectivity index (χ0) is 11.5. The molecule has 0 aliphatic rings. The molecule has 0 radical (unpaired) electrons. The average molecular weight is 213 g/mol. The maximum absolute atomic E-state index is 11.3. The van der Waals surface area contributed by atoms with Gasteiger partial charge in [-0.1, -0.05) is 5.10 Å². The Morgan fingerprint density at radius 1 is 1.67 bits per heavy atom. The van der Waals surface area contributed by atoms with Crippen LogP contribution in [0.4, 0.5) is 0 Å². The second-order valence-electron chi connectivity index (χ2n) is 3.07. The van der Waals surface area contributed by atoms with Crippen molar-refractivity contribution in [3.63, 3.8) is 0 Å². The van der Waals surface area contributed by atoms with E-state index >= 15 is 0 Å². The molecule has 7 nitrogen and oxygen atoms in total. The Morgan fingerprint density at radius 3 is 2.73 bits per heavy atom. The zero-order valence-electron chi connectivity index (χ0n) is 8.68. The fourth-order valence-corrected chi connectivity index (χ4v) is 1.08. The normalized spacial score (nSPS) is 14.3. The van der Waals surface area contributed by atoms with Gasteiger partial charge in [0.2, 0.25) is 0 Å².